The largest absolute Gasteiger partial charge is 0.367 e. The molecular weight excluding hydrogens is 380 g/mol. The molecule has 158 valence electrons. The lowest BCUT2D eigenvalue weighted by atomic mass is 10.0. The van der Waals surface area contributed by atoms with E-state index in [0.717, 1.165) is 31.2 Å². The second-order valence-electron chi connectivity index (χ2n) is 8.53. The van der Waals surface area contributed by atoms with Gasteiger partial charge in [0.2, 0.25) is 11.6 Å². The Labute approximate surface area is 176 Å². The molecule has 1 aromatic carbocycles. The van der Waals surface area contributed by atoms with Crippen LogP contribution < -0.4 is 0 Å². The van der Waals surface area contributed by atoms with Gasteiger partial charge in [0.1, 0.15) is 11.9 Å². The molecule has 2 aliphatic heterocycles. The Kier molecular flexibility index (Phi) is 5.12. The van der Waals surface area contributed by atoms with Gasteiger partial charge in [0.05, 0.1) is 12.3 Å². The van der Waals surface area contributed by atoms with E-state index in [-0.39, 0.29) is 6.10 Å². The van der Waals surface area contributed by atoms with E-state index in [4.69, 9.17) is 9.26 Å². The van der Waals surface area contributed by atoms with Gasteiger partial charge in [0.25, 0.3) is 5.89 Å². The van der Waals surface area contributed by atoms with Crippen molar-refractivity contribution in [3.05, 3.63) is 41.5 Å². The van der Waals surface area contributed by atoms with Crippen molar-refractivity contribution in [1.29, 1.82) is 0 Å². The van der Waals surface area contributed by atoms with Crippen LogP contribution in [0.2, 0.25) is 0 Å². The van der Waals surface area contributed by atoms with E-state index >= 15 is 0 Å². The summed E-state index contributed by atoms with van der Waals surface area (Å²) in [6.45, 7) is 8.95. The Morgan fingerprint density at radius 3 is 2.87 bits per heavy atom. The lowest BCUT2D eigenvalue weighted by molar-refractivity contribution is -0.0805. The number of para-hydroxylation sites is 1. The smallest absolute Gasteiger partial charge is 0.297 e. The third-order valence-electron chi connectivity index (χ3n) is 6.12. The first-order valence-corrected chi connectivity index (χ1v) is 10.8. The minimum atomic E-state index is -0.165. The molecule has 0 saturated carbocycles. The Bertz CT molecular complexity index is 1030. The standard InChI is InChI=1S/C22H28N6O2/c1-14(2)17-9-4-5-10-18(17)28-15(3)23-21(25-28)22-24-20(26-30-22)19-12-27-11-7-6-8-16(27)13-29-19/h4-5,9-10,14,16,19H,6-8,11-13H2,1-3H3/t16?,19-/m1/s1. The highest BCUT2D eigenvalue weighted by Crippen LogP contribution is 2.29. The first-order valence-electron chi connectivity index (χ1n) is 10.8. The number of aryl methyl sites for hydroxylation is 1. The first-order chi connectivity index (χ1) is 14.6. The number of rotatable bonds is 4. The Morgan fingerprint density at radius 2 is 2.00 bits per heavy atom. The molecule has 0 radical (unpaired) electrons. The second-order valence-corrected chi connectivity index (χ2v) is 8.53. The van der Waals surface area contributed by atoms with Crippen molar-refractivity contribution in [3.8, 4) is 17.4 Å². The zero-order valence-electron chi connectivity index (χ0n) is 17.8. The number of hydrogen-bond donors (Lipinski definition) is 0. The maximum absolute atomic E-state index is 6.05. The predicted octanol–water partition coefficient (Wildman–Crippen LogP) is 3.67. The number of morpholine rings is 1. The van der Waals surface area contributed by atoms with Crippen LogP contribution in [0.5, 0.6) is 0 Å². The fourth-order valence-electron chi connectivity index (χ4n) is 4.47. The highest BCUT2D eigenvalue weighted by atomic mass is 16.5. The lowest BCUT2D eigenvalue weighted by Gasteiger charge is -2.41. The highest BCUT2D eigenvalue weighted by molar-refractivity contribution is 5.46. The van der Waals surface area contributed by atoms with Crippen LogP contribution in [0.1, 0.15) is 62.3 Å². The summed E-state index contributed by atoms with van der Waals surface area (Å²) in [6, 6.07) is 8.78. The zero-order valence-corrected chi connectivity index (χ0v) is 17.8. The summed E-state index contributed by atoms with van der Waals surface area (Å²) < 4.78 is 13.4. The zero-order chi connectivity index (χ0) is 20.7. The van der Waals surface area contributed by atoms with E-state index in [1.165, 1.54) is 24.8 Å². The van der Waals surface area contributed by atoms with Crippen molar-refractivity contribution in [3.63, 3.8) is 0 Å². The Balaban J connectivity index is 1.39. The maximum atomic E-state index is 6.05. The minimum absolute atomic E-state index is 0.165. The summed E-state index contributed by atoms with van der Waals surface area (Å²) in [5, 5.41) is 8.86. The van der Waals surface area contributed by atoms with Crippen molar-refractivity contribution in [2.24, 2.45) is 0 Å². The van der Waals surface area contributed by atoms with Crippen LogP contribution in [0.15, 0.2) is 28.8 Å². The van der Waals surface area contributed by atoms with E-state index in [2.05, 4.69) is 51.1 Å². The molecule has 2 saturated heterocycles. The number of benzene rings is 1. The average molecular weight is 409 g/mol. The van der Waals surface area contributed by atoms with E-state index in [1.54, 1.807) is 0 Å². The molecule has 3 aromatic rings. The molecule has 0 spiro atoms. The van der Waals surface area contributed by atoms with Crippen LogP contribution in [-0.2, 0) is 4.74 Å². The molecule has 0 aliphatic carbocycles. The van der Waals surface area contributed by atoms with Crippen LogP contribution in [0, 0.1) is 6.92 Å². The number of ether oxygens (including phenoxy) is 1. The van der Waals surface area contributed by atoms with Gasteiger partial charge in [-0.2, -0.15) is 4.98 Å². The van der Waals surface area contributed by atoms with Crippen LogP contribution in [0.3, 0.4) is 0 Å². The molecular formula is C22H28N6O2. The van der Waals surface area contributed by atoms with Gasteiger partial charge in [-0.3, -0.25) is 4.90 Å². The molecule has 2 atom stereocenters. The Hall–Kier alpha value is -2.58. The van der Waals surface area contributed by atoms with Gasteiger partial charge in [-0.25, -0.2) is 9.67 Å². The molecule has 2 fully saturated rings. The molecule has 30 heavy (non-hydrogen) atoms. The van der Waals surface area contributed by atoms with E-state index in [0.29, 0.717) is 29.5 Å². The van der Waals surface area contributed by atoms with Crippen molar-refractivity contribution in [1.82, 2.24) is 29.8 Å². The summed E-state index contributed by atoms with van der Waals surface area (Å²) >= 11 is 0. The van der Waals surface area contributed by atoms with Gasteiger partial charge < -0.3 is 9.26 Å². The first kappa shape index (κ1) is 19.4. The number of nitrogens with zero attached hydrogens (tertiary/aromatic N) is 6. The molecule has 0 N–H and O–H groups in total. The summed E-state index contributed by atoms with van der Waals surface area (Å²) in [5.74, 6) is 2.51. The Morgan fingerprint density at radius 1 is 1.13 bits per heavy atom. The molecule has 2 aliphatic rings. The SMILES string of the molecule is Cc1nc(-c2nc([C@H]3CN4CCCCC4CO3)no2)nn1-c1ccccc1C(C)C. The van der Waals surface area contributed by atoms with Gasteiger partial charge in [-0.05, 0) is 43.9 Å². The van der Waals surface area contributed by atoms with Crippen molar-refractivity contribution in [2.75, 3.05) is 19.7 Å². The molecule has 5 rings (SSSR count). The summed E-state index contributed by atoms with van der Waals surface area (Å²) in [7, 11) is 0. The van der Waals surface area contributed by atoms with Crippen molar-refractivity contribution < 1.29 is 9.26 Å². The van der Waals surface area contributed by atoms with Gasteiger partial charge >= 0.3 is 0 Å². The highest BCUT2D eigenvalue weighted by Gasteiger charge is 2.34. The molecule has 1 unspecified atom stereocenters. The van der Waals surface area contributed by atoms with Crippen LogP contribution in [-0.4, -0.2) is 55.5 Å². The van der Waals surface area contributed by atoms with E-state index in [9.17, 15) is 0 Å². The van der Waals surface area contributed by atoms with Crippen LogP contribution >= 0.6 is 0 Å². The fourth-order valence-corrected chi connectivity index (χ4v) is 4.47. The third-order valence-corrected chi connectivity index (χ3v) is 6.12. The third kappa shape index (κ3) is 3.54. The average Bonchev–Trinajstić information content (AvgIpc) is 3.40. The van der Waals surface area contributed by atoms with Gasteiger partial charge in [0, 0.05) is 12.6 Å². The van der Waals surface area contributed by atoms with Crippen LogP contribution in [0.4, 0.5) is 0 Å². The van der Waals surface area contributed by atoms with Crippen LogP contribution in [0.25, 0.3) is 17.4 Å². The fraction of sp³-hybridized carbons (Fsp3) is 0.545. The minimum Gasteiger partial charge on any atom is -0.367 e. The quantitative estimate of drug-likeness (QED) is 0.651. The number of aromatic nitrogens is 5. The van der Waals surface area contributed by atoms with E-state index < -0.39 is 0 Å². The van der Waals surface area contributed by atoms with Gasteiger partial charge in [-0.15, -0.1) is 5.10 Å². The second kappa shape index (κ2) is 7.92. The van der Waals surface area contributed by atoms with Crippen molar-refractivity contribution >= 4 is 0 Å². The topological polar surface area (TPSA) is 82.1 Å². The summed E-state index contributed by atoms with van der Waals surface area (Å²) in [5.41, 5.74) is 2.24. The van der Waals surface area contributed by atoms with E-state index in [1.807, 2.05) is 23.7 Å². The summed E-state index contributed by atoms with van der Waals surface area (Å²) in [4.78, 5) is 11.7. The van der Waals surface area contributed by atoms with Gasteiger partial charge in [-0.1, -0.05) is 43.6 Å². The van der Waals surface area contributed by atoms with Crippen molar-refractivity contribution in [2.45, 2.75) is 58.1 Å². The molecule has 0 amide bonds. The number of fused-ring (bicyclic) bond motifs is 1. The maximum Gasteiger partial charge on any atom is 0.297 e. The number of piperidine rings is 1. The molecule has 0 bridgehead atoms. The molecule has 4 heterocycles. The lowest BCUT2D eigenvalue weighted by Crippen LogP contribution is -2.49. The predicted molar refractivity (Wildman–Crippen MR) is 111 cm³/mol. The molecule has 8 nitrogen and oxygen atoms in total. The summed E-state index contributed by atoms with van der Waals surface area (Å²) in [6.07, 6.45) is 3.58. The van der Waals surface area contributed by atoms with Gasteiger partial charge in [0.15, 0.2) is 0 Å². The molecule has 8 heteroatoms. The monoisotopic (exact) mass is 408 g/mol. The molecule has 2 aromatic heterocycles. The normalized spacial score (nSPS) is 22.4. The number of hydrogen-bond acceptors (Lipinski definition) is 7.